The number of imidazole rings is 1. The lowest BCUT2D eigenvalue weighted by Gasteiger charge is -2.18. The molecule has 5 aromatic rings. The summed E-state index contributed by atoms with van der Waals surface area (Å²) in [7, 11) is 0. The van der Waals surface area contributed by atoms with Gasteiger partial charge in [0.05, 0.1) is 35.3 Å². The molecule has 0 radical (unpaired) electrons. The van der Waals surface area contributed by atoms with Gasteiger partial charge < -0.3 is 10.3 Å². The molecular weight excluding hydrogens is 498 g/mol. The number of hydrogen-bond acceptors (Lipinski definition) is 7. The van der Waals surface area contributed by atoms with E-state index < -0.39 is 0 Å². The van der Waals surface area contributed by atoms with Gasteiger partial charge in [-0.05, 0) is 74.8 Å². The first-order valence-corrected chi connectivity index (χ1v) is 12.5. The molecule has 0 unspecified atom stereocenters. The molecule has 0 spiro atoms. The van der Waals surface area contributed by atoms with E-state index in [2.05, 4.69) is 37.4 Å². The van der Waals surface area contributed by atoms with Crippen LogP contribution in [-0.2, 0) is 13.1 Å². The highest BCUT2D eigenvalue weighted by Crippen LogP contribution is 2.30. The van der Waals surface area contributed by atoms with Crippen molar-refractivity contribution in [2.45, 2.75) is 32.9 Å². The number of pyridine rings is 2. The molecular formula is C28H28ClN9. The van der Waals surface area contributed by atoms with E-state index in [0.717, 1.165) is 65.1 Å². The molecule has 6 rings (SSSR count). The lowest BCUT2D eigenvalue weighted by Crippen LogP contribution is -2.19. The number of aromatic nitrogens is 6. The highest BCUT2D eigenvalue weighted by atomic mass is 35.5. The largest absolute Gasteiger partial charge is 0.378 e. The third-order valence-corrected chi connectivity index (χ3v) is 6.72. The molecule has 1 aliphatic heterocycles. The first-order chi connectivity index (χ1) is 18.2. The first kappa shape index (κ1) is 25.4. The zero-order chi connectivity index (χ0) is 25.2. The van der Waals surface area contributed by atoms with Gasteiger partial charge in [-0.15, -0.1) is 12.4 Å². The van der Waals surface area contributed by atoms with Crippen LogP contribution in [-0.4, -0.2) is 47.5 Å². The Kier molecular flexibility index (Phi) is 7.36. The van der Waals surface area contributed by atoms with Crippen LogP contribution in [0.2, 0.25) is 0 Å². The molecule has 2 N–H and O–H groups in total. The molecule has 0 saturated carbocycles. The summed E-state index contributed by atoms with van der Waals surface area (Å²) in [5, 5.41) is 17.3. The van der Waals surface area contributed by atoms with Crippen LogP contribution < -0.4 is 5.32 Å². The second kappa shape index (κ2) is 11.0. The smallest absolute Gasteiger partial charge is 0.155 e. The SMILES string of the molecule is Cc1cccc(-c2[nH]c(CNc3cc(C#N)ccc3CN3CCCC3)nc2-c2ccc3ncnn3c2)n1.Cl. The zero-order valence-electron chi connectivity index (χ0n) is 21.1. The van der Waals surface area contributed by atoms with Crippen molar-refractivity contribution in [3.8, 4) is 28.7 Å². The Morgan fingerprint density at radius 2 is 1.95 bits per heavy atom. The van der Waals surface area contributed by atoms with Gasteiger partial charge in [-0.1, -0.05) is 12.1 Å². The molecule has 0 aliphatic carbocycles. The van der Waals surface area contributed by atoms with Gasteiger partial charge in [-0.25, -0.2) is 14.5 Å². The van der Waals surface area contributed by atoms with Crippen LogP contribution in [0.5, 0.6) is 0 Å². The van der Waals surface area contributed by atoms with E-state index in [1.165, 1.54) is 24.7 Å². The van der Waals surface area contributed by atoms with Crippen molar-refractivity contribution in [3.05, 3.63) is 83.7 Å². The summed E-state index contributed by atoms with van der Waals surface area (Å²) in [6.07, 6.45) is 5.95. The van der Waals surface area contributed by atoms with E-state index in [1.807, 2.05) is 55.6 Å². The number of benzene rings is 1. The number of aryl methyl sites for hydroxylation is 1. The minimum absolute atomic E-state index is 0. The van der Waals surface area contributed by atoms with Crippen LogP contribution in [0.4, 0.5) is 5.69 Å². The number of nitrogens with zero attached hydrogens (tertiary/aromatic N) is 7. The Labute approximate surface area is 227 Å². The van der Waals surface area contributed by atoms with E-state index in [1.54, 1.807) is 4.52 Å². The summed E-state index contributed by atoms with van der Waals surface area (Å²) >= 11 is 0. The van der Waals surface area contributed by atoms with Crippen molar-refractivity contribution in [1.29, 1.82) is 5.26 Å². The second-order valence-electron chi connectivity index (χ2n) is 9.37. The van der Waals surface area contributed by atoms with Gasteiger partial charge in [-0.3, -0.25) is 9.88 Å². The average Bonchev–Trinajstić information content (AvgIpc) is 3.68. The molecule has 1 aliphatic rings. The van der Waals surface area contributed by atoms with Gasteiger partial charge in [0.2, 0.25) is 0 Å². The van der Waals surface area contributed by atoms with E-state index >= 15 is 0 Å². The van der Waals surface area contributed by atoms with E-state index in [9.17, 15) is 5.26 Å². The number of halogens is 1. The number of nitrogens with one attached hydrogen (secondary N) is 2. The number of H-pyrrole nitrogens is 1. The predicted octanol–water partition coefficient (Wildman–Crippen LogP) is 4.99. The maximum Gasteiger partial charge on any atom is 0.155 e. The maximum atomic E-state index is 9.47. The van der Waals surface area contributed by atoms with Gasteiger partial charge in [0.15, 0.2) is 5.65 Å². The summed E-state index contributed by atoms with van der Waals surface area (Å²) in [6, 6.07) is 18.0. The summed E-state index contributed by atoms with van der Waals surface area (Å²) in [5.74, 6) is 0.779. The van der Waals surface area contributed by atoms with Crippen molar-refractivity contribution in [2.75, 3.05) is 18.4 Å². The molecule has 0 amide bonds. The van der Waals surface area contributed by atoms with Crippen LogP contribution in [0.3, 0.4) is 0 Å². The Bertz CT molecular complexity index is 1610. The molecule has 1 saturated heterocycles. The fraction of sp³-hybridized carbons (Fsp3) is 0.250. The lowest BCUT2D eigenvalue weighted by atomic mass is 10.1. The molecule has 0 bridgehead atoms. The predicted molar refractivity (Wildman–Crippen MR) is 149 cm³/mol. The summed E-state index contributed by atoms with van der Waals surface area (Å²) in [6.45, 7) is 5.56. The van der Waals surface area contributed by atoms with Gasteiger partial charge in [-0.2, -0.15) is 10.4 Å². The van der Waals surface area contributed by atoms with E-state index in [4.69, 9.17) is 9.97 Å². The normalized spacial score (nSPS) is 13.4. The highest BCUT2D eigenvalue weighted by molar-refractivity contribution is 5.85. The number of aromatic amines is 1. The molecule has 5 heterocycles. The fourth-order valence-corrected chi connectivity index (χ4v) is 4.85. The van der Waals surface area contributed by atoms with Crippen molar-refractivity contribution >= 4 is 23.7 Å². The molecule has 9 nitrogen and oxygen atoms in total. The molecule has 1 fully saturated rings. The molecule has 10 heteroatoms. The number of anilines is 1. The summed E-state index contributed by atoms with van der Waals surface area (Å²) in [4.78, 5) is 19.9. The van der Waals surface area contributed by atoms with Gasteiger partial charge >= 0.3 is 0 Å². The zero-order valence-corrected chi connectivity index (χ0v) is 21.9. The number of hydrogen-bond donors (Lipinski definition) is 2. The maximum absolute atomic E-state index is 9.47. The van der Waals surface area contributed by atoms with Crippen molar-refractivity contribution in [2.24, 2.45) is 0 Å². The molecule has 4 aromatic heterocycles. The third kappa shape index (κ3) is 5.23. The average molecular weight is 526 g/mol. The minimum atomic E-state index is 0. The van der Waals surface area contributed by atoms with Crippen LogP contribution >= 0.6 is 12.4 Å². The molecule has 1 aromatic carbocycles. The molecule has 192 valence electrons. The van der Waals surface area contributed by atoms with Gasteiger partial charge in [0.25, 0.3) is 0 Å². The first-order valence-electron chi connectivity index (χ1n) is 12.5. The standard InChI is InChI=1S/C28H27N9.ClH/c1-19-5-4-6-23(33-19)28-27(22-9-10-26-31-18-32-37(26)17-22)34-25(35-28)15-30-24-13-20(14-29)7-8-21(24)16-36-11-2-3-12-36;/h4-10,13,17-18,30H,2-3,11-12,15-16H2,1H3,(H,34,35);1H. The fourth-order valence-electron chi connectivity index (χ4n) is 4.85. The quantitative estimate of drug-likeness (QED) is 0.308. The van der Waals surface area contributed by atoms with E-state index in [-0.39, 0.29) is 12.4 Å². The second-order valence-corrected chi connectivity index (χ2v) is 9.37. The monoisotopic (exact) mass is 525 g/mol. The summed E-state index contributed by atoms with van der Waals surface area (Å²) in [5.41, 5.74) is 7.89. The topological polar surface area (TPSA) is 111 Å². The third-order valence-electron chi connectivity index (χ3n) is 6.72. The number of rotatable bonds is 7. The Morgan fingerprint density at radius 1 is 1.08 bits per heavy atom. The van der Waals surface area contributed by atoms with Crippen molar-refractivity contribution < 1.29 is 0 Å². The van der Waals surface area contributed by atoms with Crippen LogP contribution in [0.15, 0.2) is 61.1 Å². The number of likely N-dealkylation sites (tertiary alicyclic amines) is 1. The number of nitriles is 1. The minimum Gasteiger partial charge on any atom is -0.378 e. The highest BCUT2D eigenvalue weighted by Gasteiger charge is 2.18. The lowest BCUT2D eigenvalue weighted by molar-refractivity contribution is 0.332. The molecule has 0 atom stereocenters. The van der Waals surface area contributed by atoms with Gasteiger partial charge in [0.1, 0.15) is 12.2 Å². The number of fused-ring (bicyclic) bond motifs is 1. The Hall–Kier alpha value is -4.26. The Balaban J connectivity index is 0.00000294. The van der Waals surface area contributed by atoms with Crippen molar-refractivity contribution in [3.63, 3.8) is 0 Å². The Morgan fingerprint density at radius 3 is 2.76 bits per heavy atom. The van der Waals surface area contributed by atoms with Crippen LogP contribution in [0.1, 0.15) is 35.5 Å². The van der Waals surface area contributed by atoms with Crippen LogP contribution in [0.25, 0.3) is 28.3 Å². The molecule has 38 heavy (non-hydrogen) atoms. The summed E-state index contributed by atoms with van der Waals surface area (Å²) < 4.78 is 1.74. The van der Waals surface area contributed by atoms with Gasteiger partial charge in [0, 0.05) is 29.7 Å². The van der Waals surface area contributed by atoms with Crippen LogP contribution in [0, 0.1) is 18.3 Å². The van der Waals surface area contributed by atoms with E-state index in [0.29, 0.717) is 12.1 Å². The van der Waals surface area contributed by atoms with Crippen molar-refractivity contribution in [1.82, 2.24) is 34.4 Å².